The van der Waals surface area contributed by atoms with Gasteiger partial charge in [0.05, 0.1) is 18.3 Å². The second-order valence-electron chi connectivity index (χ2n) is 6.29. The molecule has 3 unspecified atom stereocenters. The van der Waals surface area contributed by atoms with Crippen molar-refractivity contribution < 1.29 is 9.84 Å². The minimum atomic E-state index is -0.0430. The average Bonchev–Trinajstić information content (AvgIpc) is 2.67. The highest BCUT2D eigenvalue weighted by Gasteiger charge is 2.41. The van der Waals surface area contributed by atoms with Crippen LogP contribution in [0.5, 0.6) is 0 Å². The van der Waals surface area contributed by atoms with Crippen LogP contribution < -0.4 is 0 Å². The van der Waals surface area contributed by atoms with Crippen molar-refractivity contribution in [2.24, 2.45) is 11.8 Å². The lowest BCUT2D eigenvalue weighted by atomic mass is 10.00. The first-order valence-electron chi connectivity index (χ1n) is 6.50. The maximum absolute atomic E-state index is 9.81. The number of fused-ring (bicyclic) bond motifs is 1. The molecule has 1 aliphatic carbocycles. The molecule has 0 radical (unpaired) electrons. The molecule has 94 valence electrons. The van der Waals surface area contributed by atoms with Gasteiger partial charge < -0.3 is 14.7 Å². The third-order valence-corrected chi connectivity index (χ3v) is 3.84. The zero-order chi connectivity index (χ0) is 11.8. The van der Waals surface area contributed by atoms with E-state index in [-0.39, 0.29) is 11.7 Å². The number of hydrogen-bond acceptors (Lipinski definition) is 3. The lowest BCUT2D eigenvalue weighted by Crippen LogP contribution is -2.31. The predicted octanol–water partition coefficient (Wildman–Crippen LogP) is 1.50. The highest BCUT2D eigenvalue weighted by atomic mass is 16.5. The first-order chi connectivity index (χ1) is 7.46. The number of likely N-dealkylation sites (tertiary alicyclic amines) is 1. The van der Waals surface area contributed by atoms with Crippen LogP contribution in [0.25, 0.3) is 0 Å². The van der Waals surface area contributed by atoms with Gasteiger partial charge in [-0.1, -0.05) is 0 Å². The molecule has 2 rings (SSSR count). The maximum atomic E-state index is 9.81. The number of aliphatic hydroxyl groups excluding tert-OH is 1. The fourth-order valence-corrected chi connectivity index (χ4v) is 2.99. The Bertz CT molecular complexity index is 237. The summed E-state index contributed by atoms with van der Waals surface area (Å²) in [6, 6.07) is 0. The Balaban J connectivity index is 1.70. The molecular formula is C13H25NO2. The van der Waals surface area contributed by atoms with E-state index < -0.39 is 0 Å². The molecule has 0 aromatic heterocycles. The van der Waals surface area contributed by atoms with Crippen molar-refractivity contribution in [1.29, 1.82) is 0 Å². The lowest BCUT2D eigenvalue weighted by Gasteiger charge is -2.23. The van der Waals surface area contributed by atoms with Gasteiger partial charge in [0.1, 0.15) is 0 Å². The van der Waals surface area contributed by atoms with Gasteiger partial charge in [-0.25, -0.2) is 0 Å². The van der Waals surface area contributed by atoms with Crippen molar-refractivity contribution in [2.75, 3.05) is 26.2 Å². The molecule has 3 heteroatoms. The Morgan fingerprint density at radius 1 is 1.25 bits per heavy atom. The van der Waals surface area contributed by atoms with Gasteiger partial charge in [0.25, 0.3) is 0 Å². The van der Waals surface area contributed by atoms with Gasteiger partial charge in [-0.15, -0.1) is 0 Å². The lowest BCUT2D eigenvalue weighted by molar-refractivity contribution is -0.0122. The summed E-state index contributed by atoms with van der Waals surface area (Å²) in [4.78, 5) is 2.45. The van der Waals surface area contributed by atoms with E-state index in [9.17, 15) is 5.11 Å². The molecule has 2 fully saturated rings. The summed E-state index contributed by atoms with van der Waals surface area (Å²) in [7, 11) is 0. The van der Waals surface area contributed by atoms with Gasteiger partial charge >= 0.3 is 0 Å². The Morgan fingerprint density at radius 3 is 2.62 bits per heavy atom. The zero-order valence-electron chi connectivity index (χ0n) is 10.8. The first kappa shape index (κ1) is 12.3. The van der Waals surface area contributed by atoms with E-state index >= 15 is 0 Å². The topological polar surface area (TPSA) is 32.7 Å². The van der Waals surface area contributed by atoms with Gasteiger partial charge in [0.2, 0.25) is 0 Å². The molecule has 1 saturated heterocycles. The van der Waals surface area contributed by atoms with Crippen molar-refractivity contribution in [3.8, 4) is 0 Å². The highest BCUT2D eigenvalue weighted by molar-refractivity contribution is 4.93. The van der Waals surface area contributed by atoms with Crippen LogP contribution in [0.3, 0.4) is 0 Å². The van der Waals surface area contributed by atoms with Crippen molar-refractivity contribution in [1.82, 2.24) is 4.90 Å². The van der Waals surface area contributed by atoms with Crippen molar-refractivity contribution in [3.05, 3.63) is 0 Å². The number of aliphatic hydroxyl groups is 1. The summed E-state index contributed by atoms with van der Waals surface area (Å²) < 4.78 is 5.74. The van der Waals surface area contributed by atoms with Gasteiger partial charge in [-0.05, 0) is 39.5 Å². The molecule has 0 amide bonds. The minimum absolute atomic E-state index is 0.0326. The molecule has 1 heterocycles. The fourth-order valence-electron chi connectivity index (χ4n) is 2.99. The van der Waals surface area contributed by atoms with Crippen LogP contribution in [0.2, 0.25) is 0 Å². The Morgan fingerprint density at radius 2 is 2.00 bits per heavy atom. The van der Waals surface area contributed by atoms with E-state index in [1.807, 2.05) is 0 Å². The molecule has 0 bridgehead atoms. The fraction of sp³-hybridized carbons (Fsp3) is 1.00. The minimum Gasteiger partial charge on any atom is -0.393 e. The molecule has 3 nitrogen and oxygen atoms in total. The first-order valence-corrected chi connectivity index (χ1v) is 6.50. The van der Waals surface area contributed by atoms with E-state index in [1.54, 1.807) is 0 Å². The monoisotopic (exact) mass is 227 g/mol. The second-order valence-corrected chi connectivity index (χ2v) is 6.29. The smallest absolute Gasteiger partial charge is 0.0600 e. The molecule has 1 N–H and O–H groups in total. The van der Waals surface area contributed by atoms with Gasteiger partial charge in [-0.2, -0.15) is 0 Å². The van der Waals surface area contributed by atoms with Crippen LogP contribution in [0.4, 0.5) is 0 Å². The van der Waals surface area contributed by atoms with Gasteiger partial charge in [0.15, 0.2) is 0 Å². The quantitative estimate of drug-likeness (QED) is 0.793. The number of hydrogen-bond donors (Lipinski definition) is 1. The summed E-state index contributed by atoms with van der Waals surface area (Å²) in [6.45, 7) is 10.3. The number of rotatable bonds is 3. The average molecular weight is 227 g/mol. The largest absolute Gasteiger partial charge is 0.393 e. The zero-order valence-corrected chi connectivity index (χ0v) is 10.8. The van der Waals surface area contributed by atoms with Gasteiger partial charge in [0, 0.05) is 25.6 Å². The maximum Gasteiger partial charge on any atom is 0.0600 e. The van der Waals surface area contributed by atoms with Crippen LogP contribution in [-0.4, -0.2) is 48.0 Å². The summed E-state index contributed by atoms with van der Waals surface area (Å²) in [5, 5.41) is 9.81. The van der Waals surface area contributed by atoms with E-state index in [2.05, 4.69) is 25.7 Å². The molecule has 2 aliphatic rings. The van der Waals surface area contributed by atoms with E-state index in [4.69, 9.17) is 4.74 Å². The van der Waals surface area contributed by atoms with E-state index in [0.717, 1.165) is 38.6 Å². The van der Waals surface area contributed by atoms with Crippen LogP contribution in [0, 0.1) is 11.8 Å². The number of nitrogens with zero attached hydrogens (tertiary/aromatic N) is 1. The van der Waals surface area contributed by atoms with Crippen molar-refractivity contribution >= 4 is 0 Å². The van der Waals surface area contributed by atoms with E-state index in [1.165, 1.54) is 6.42 Å². The summed E-state index contributed by atoms with van der Waals surface area (Å²) in [5.74, 6) is 1.28. The van der Waals surface area contributed by atoms with Crippen LogP contribution in [0.1, 0.15) is 33.6 Å². The molecule has 0 aromatic rings. The van der Waals surface area contributed by atoms with Crippen molar-refractivity contribution in [2.45, 2.75) is 45.3 Å². The third-order valence-electron chi connectivity index (χ3n) is 3.84. The Hall–Kier alpha value is -0.120. The summed E-state index contributed by atoms with van der Waals surface area (Å²) in [6.07, 6.45) is 2.18. The molecule has 0 spiro atoms. The molecule has 1 aliphatic heterocycles. The van der Waals surface area contributed by atoms with Crippen LogP contribution in [-0.2, 0) is 4.74 Å². The van der Waals surface area contributed by atoms with Crippen molar-refractivity contribution in [3.63, 3.8) is 0 Å². The second kappa shape index (κ2) is 4.63. The Labute approximate surface area is 98.8 Å². The molecule has 3 atom stereocenters. The normalized spacial score (nSPS) is 35.6. The SMILES string of the molecule is CC(C)(C)OCCN1CC2CCC(O)C2C1. The highest BCUT2D eigenvalue weighted by Crippen LogP contribution is 2.37. The number of ether oxygens (including phenoxy) is 1. The standard InChI is InChI=1S/C13H25NO2/c1-13(2,3)16-7-6-14-8-10-4-5-12(15)11(10)9-14/h10-12,15H,4-9H2,1-3H3. The molecule has 1 saturated carbocycles. The molecular weight excluding hydrogens is 202 g/mol. The third kappa shape index (κ3) is 2.96. The predicted molar refractivity (Wildman–Crippen MR) is 64.4 cm³/mol. The van der Waals surface area contributed by atoms with E-state index in [0.29, 0.717) is 5.92 Å². The summed E-state index contributed by atoms with van der Waals surface area (Å²) >= 11 is 0. The molecule has 16 heavy (non-hydrogen) atoms. The molecule has 0 aromatic carbocycles. The van der Waals surface area contributed by atoms with Crippen LogP contribution in [0.15, 0.2) is 0 Å². The van der Waals surface area contributed by atoms with Gasteiger partial charge in [-0.3, -0.25) is 0 Å². The summed E-state index contributed by atoms with van der Waals surface area (Å²) in [5.41, 5.74) is -0.0326. The Kier molecular flexibility index (Phi) is 3.57. The van der Waals surface area contributed by atoms with Crippen LogP contribution >= 0.6 is 0 Å².